The van der Waals surface area contributed by atoms with Crippen LogP contribution in [-0.4, -0.2) is 98.8 Å². The molecule has 0 radical (unpaired) electrons. The lowest BCUT2D eigenvalue weighted by Crippen LogP contribution is -2.54. The second kappa shape index (κ2) is 19.4. The fourth-order valence-corrected chi connectivity index (χ4v) is 4.18. The lowest BCUT2D eigenvalue weighted by atomic mass is 10.1. The summed E-state index contributed by atoms with van der Waals surface area (Å²) in [5, 5.41) is 30.6. The zero-order valence-corrected chi connectivity index (χ0v) is 26.6. The maximum absolute atomic E-state index is 12.7. The first-order valence-electron chi connectivity index (χ1n) is 15.0. The number of aliphatic carboxylic acids is 2. The number of hydrogen-bond acceptors (Lipinski definition) is 13. The molecule has 0 saturated carbocycles. The molecule has 2 aromatic rings. The molecule has 21 nitrogen and oxygen atoms in total. The van der Waals surface area contributed by atoms with Crippen LogP contribution in [0.1, 0.15) is 58.6 Å². The Labute approximate surface area is 284 Å². The molecule has 50 heavy (non-hydrogen) atoms. The number of nitrogens with one attached hydrogen (secondary N) is 5. The number of amides is 6. The molecule has 15 N–H and O–H groups in total. The Morgan fingerprint density at radius 2 is 1.52 bits per heavy atom. The van der Waals surface area contributed by atoms with Gasteiger partial charge in [0, 0.05) is 17.7 Å². The first kappa shape index (κ1) is 39.8. The van der Waals surface area contributed by atoms with Crippen molar-refractivity contribution in [1.82, 2.24) is 31.2 Å². The topological polar surface area (TPSA) is 367 Å². The Hall–Kier alpha value is -6.38. The fraction of sp³-hybridized carbons (Fsp3) is 0.379. The molecule has 0 aliphatic heterocycles. The molecule has 6 amide bonds. The molecule has 0 bridgehead atoms. The molecule has 1 aromatic heterocycles. The number of nitrogens with zero attached hydrogens (tertiary/aromatic N) is 2. The minimum atomic E-state index is -1.53. The molecular formula is C29H39N11O10. The minimum absolute atomic E-state index is 0.0256. The SMILES string of the molecule is NCCCC(NC(=O)CNC(=O)CCC(NC(=O)c1ccc(NCc2cnc(N)c(C(N)=O)n2)cc1)C(=O)O)C(=O)NC(CC(=O)O)C(N)=O. The molecule has 3 unspecified atom stereocenters. The zero-order valence-electron chi connectivity index (χ0n) is 26.6. The lowest BCUT2D eigenvalue weighted by Gasteiger charge is -2.21. The molecule has 0 fully saturated rings. The average Bonchev–Trinajstić information content (AvgIpc) is 3.06. The quantitative estimate of drug-likeness (QED) is 0.0602. The van der Waals surface area contributed by atoms with E-state index in [9.17, 15) is 43.5 Å². The van der Waals surface area contributed by atoms with Crippen molar-refractivity contribution < 1.29 is 48.6 Å². The number of carboxylic acids is 2. The Morgan fingerprint density at radius 3 is 2.10 bits per heavy atom. The first-order chi connectivity index (χ1) is 23.6. The number of anilines is 2. The van der Waals surface area contributed by atoms with E-state index in [-0.39, 0.29) is 49.4 Å². The van der Waals surface area contributed by atoms with E-state index in [1.165, 1.54) is 18.3 Å². The van der Waals surface area contributed by atoms with Crippen LogP contribution < -0.4 is 49.5 Å². The number of nitrogens with two attached hydrogens (primary N) is 4. The lowest BCUT2D eigenvalue weighted by molar-refractivity contribution is -0.140. The van der Waals surface area contributed by atoms with Crippen molar-refractivity contribution in [3.05, 3.63) is 47.4 Å². The molecule has 270 valence electrons. The summed E-state index contributed by atoms with van der Waals surface area (Å²) < 4.78 is 0. The molecule has 3 atom stereocenters. The van der Waals surface area contributed by atoms with Crippen LogP contribution >= 0.6 is 0 Å². The van der Waals surface area contributed by atoms with Gasteiger partial charge in [0.05, 0.1) is 31.4 Å². The minimum Gasteiger partial charge on any atom is -0.481 e. The highest BCUT2D eigenvalue weighted by atomic mass is 16.4. The maximum atomic E-state index is 12.7. The van der Waals surface area contributed by atoms with Gasteiger partial charge in [0.15, 0.2) is 11.5 Å². The van der Waals surface area contributed by atoms with Crippen molar-refractivity contribution in [3.8, 4) is 0 Å². The standard InChI is InChI=1S/C29H39N11O10/c30-9-1-2-17(28(48)40-19(25(32)45)10-22(43)44)38-21(42)13-35-20(41)8-7-18(29(49)50)39-27(47)14-3-5-15(6-4-14)34-11-16-12-36-24(31)23(37-16)26(33)46/h3-6,12,17-19,34H,1-2,7-11,13,30H2,(H2,31,36)(H2,32,45)(H2,33,46)(H,35,41)(H,38,42)(H,39,47)(H,40,48)(H,43,44)(H,49,50). The van der Waals surface area contributed by atoms with Crippen LogP contribution in [0.3, 0.4) is 0 Å². The Bertz CT molecular complexity index is 1590. The maximum Gasteiger partial charge on any atom is 0.326 e. The van der Waals surface area contributed by atoms with Crippen LogP contribution in [-0.2, 0) is 35.3 Å². The van der Waals surface area contributed by atoms with Crippen LogP contribution in [0.2, 0.25) is 0 Å². The van der Waals surface area contributed by atoms with Gasteiger partial charge in [-0.2, -0.15) is 0 Å². The van der Waals surface area contributed by atoms with Crippen molar-refractivity contribution in [3.63, 3.8) is 0 Å². The molecule has 0 saturated heterocycles. The van der Waals surface area contributed by atoms with E-state index >= 15 is 0 Å². The molecule has 0 aliphatic rings. The van der Waals surface area contributed by atoms with Gasteiger partial charge in [0.2, 0.25) is 23.6 Å². The van der Waals surface area contributed by atoms with Gasteiger partial charge in [-0.05, 0) is 50.1 Å². The van der Waals surface area contributed by atoms with Gasteiger partial charge in [-0.25, -0.2) is 14.8 Å². The normalized spacial score (nSPS) is 12.3. The third kappa shape index (κ3) is 13.4. The molecule has 0 spiro atoms. The van der Waals surface area contributed by atoms with Crippen LogP contribution in [0.5, 0.6) is 0 Å². The number of nitrogen functional groups attached to an aromatic ring is 1. The van der Waals surface area contributed by atoms with Crippen LogP contribution in [0.25, 0.3) is 0 Å². The smallest absolute Gasteiger partial charge is 0.326 e. The second-order valence-corrected chi connectivity index (χ2v) is 10.7. The number of carbonyl (C=O) groups is 8. The van der Waals surface area contributed by atoms with Crippen molar-refractivity contribution in [2.45, 2.75) is 56.8 Å². The summed E-state index contributed by atoms with van der Waals surface area (Å²) in [6.45, 7) is -0.321. The number of hydrogen-bond donors (Lipinski definition) is 11. The van der Waals surface area contributed by atoms with Crippen molar-refractivity contribution >= 4 is 58.9 Å². The van der Waals surface area contributed by atoms with Gasteiger partial charge in [0.1, 0.15) is 18.1 Å². The predicted octanol–water partition coefficient (Wildman–Crippen LogP) is -3.48. The zero-order chi connectivity index (χ0) is 37.4. The summed E-state index contributed by atoms with van der Waals surface area (Å²) in [5.74, 6) is -8.00. The number of primary amides is 2. The molecular weight excluding hydrogens is 662 g/mol. The summed E-state index contributed by atoms with van der Waals surface area (Å²) in [7, 11) is 0. The Kier molecular flexibility index (Phi) is 15.5. The number of benzene rings is 1. The van der Waals surface area contributed by atoms with E-state index in [0.717, 1.165) is 0 Å². The van der Waals surface area contributed by atoms with Crippen molar-refractivity contribution in [2.24, 2.45) is 17.2 Å². The van der Waals surface area contributed by atoms with Gasteiger partial charge < -0.3 is 59.7 Å². The summed E-state index contributed by atoms with van der Waals surface area (Å²) in [4.78, 5) is 104. The highest BCUT2D eigenvalue weighted by Gasteiger charge is 2.27. The van der Waals surface area contributed by atoms with Crippen molar-refractivity contribution in [1.29, 1.82) is 0 Å². The fourth-order valence-electron chi connectivity index (χ4n) is 4.18. The third-order valence-corrected chi connectivity index (χ3v) is 6.80. The molecule has 21 heteroatoms. The van der Waals surface area contributed by atoms with E-state index in [1.807, 2.05) is 0 Å². The van der Waals surface area contributed by atoms with Gasteiger partial charge in [0.25, 0.3) is 11.8 Å². The predicted molar refractivity (Wildman–Crippen MR) is 173 cm³/mol. The largest absolute Gasteiger partial charge is 0.481 e. The van der Waals surface area contributed by atoms with E-state index in [2.05, 4.69) is 36.6 Å². The van der Waals surface area contributed by atoms with E-state index in [1.54, 1.807) is 12.1 Å². The number of carbonyl (C=O) groups excluding carboxylic acids is 6. The molecule has 2 rings (SSSR count). The third-order valence-electron chi connectivity index (χ3n) is 6.80. The van der Waals surface area contributed by atoms with Gasteiger partial charge in [-0.3, -0.25) is 33.6 Å². The average molecular weight is 702 g/mol. The van der Waals surface area contributed by atoms with Gasteiger partial charge in [-0.15, -0.1) is 0 Å². The number of carboxylic acid groups (broad SMARTS) is 2. The van der Waals surface area contributed by atoms with E-state index in [0.29, 0.717) is 11.4 Å². The highest BCUT2D eigenvalue weighted by Crippen LogP contribution is 2.13. The summed E-state index contributed by atoms with van der Waals surface area (Å²) >= 11 is 0. The molecule has 0 aliphatic carbocycles. The highest BCUT2D eigenvalue weighted by molar-refractivity contribution is 5.97. The van der Waals surface area contributed by atoms with Gasteiger partial charge >= 0.3 is 11.9 Å². The summed E-state index contributed by atoms with van der Waals surface area (Å²) in [5.41, 5.74) is 22.3. The van der Waals surface area contributed by atoms with E-state index in [4.69, 9.17) is 28.0 Å². The first-order valence-corrected chi connectivity index (χ1v) is 15.0. The van der Waals surface area contributed by atoms with Crippen LogP contribution in [0, 0.1) is 0 Å². The number of aromatic nitrogens is 2. The summed E-state index contributed by atoms with van der Waals surface area (Å²) in [6.07, 6.45) is 0.151. The Morgan fingerprint density at radius 1 is 0.840 bits per heavy atom. The van der Waals surface area contributed by atoms with Gasteiger partial charge in [-0.1, -0.05) is 0 Å². The second-order valence-electron chi connectivity index (χ2n) is 10.7. The molecule has 1 aromatic carbocycles. The van der Waals surface area contributed by atoms with Crippen molar-refractivity contribution in [2.75, 3.05) is 24.1 Å². The van der Waals surface area contributed by atoms with E-state index < -0.39 is 84.9 Å². The summed E-state index contributed by atoms with van der Waals surface area (Å²) in [6, 6.07) is 1.71. The molecule has 1 heterocycles. The van der Waals surface area contributed by atoms with Crippen LogP contribution in [0.4, 0.5) is 11.5 Å². The monoisotopic (exact) mass is 701 g/mol. The number of rotatable bonds is 21. The Balaban J connectivity index is 1.87. The van der Waals surface area contributed by atoms with Crippen LogP contribution in [0.15, 0.2) is 30.5 Å².